The average molecular weight is 285 g/mol. The van der Waals surface area contributed by atoms with Crippen molar-refractivity contribution in [1.29, 1.82) is 0 Å². The number of rotatable bonds is 2. The fourth-order valence-corrected chi connectivity index (χ4v) is 2.29. The lowest BCUT2D eigenvalue weighted by Crippen LogP contribution is -2.23. The Morgan fingerprint density at radius 2 is 1.58 bits per heavy atom. The Bertz CT molecular complexity index is 677. The van der Waals surface area contributed by atoms with Gasteiger partial charge in [0.05, 0.1) is 4.90 Å². The number of benzene rings is 2. The minimum atomic E-state index is -5.36. The molecule has 0 unspecified atom stereocenters. The lowest BCUT2D eigenvalue weighted by atomic mass is 10.1. The van der Waals surface area contributed by atoms with E-state index < -0.39 is 20.2 Å². The topological polar surface area (TPSA) is 34.1 Å². The fraction of sp³-hybridized carbons (Fsp3) is 0.0769. The van der Waals surface area contributed by atoms with E-state index in [1.807, 2.05) is 0 Å². The van der Waals surface area contributed by atoms with Crippen LogP contribution in [0.5, 0.6) is 0 Å². The molecule has 0 heterocycles. The van der Waals surface area contributed by atoms with E-state index in [1.54, 1.807) is 30.3 Å². The third-order valence-corrected chi connectivity index (χ3v) is 3.90. The predicted molar refractivity (Wildman–Crippen MR) is 64.0 cm³/mol. The van der Waals surface area contributed by atoms with E-state index in [1.165, 1.54) is 12.1 Å². The second-order valence-electron chi connectivity index (χ2n) is 3.76. The smallest absolute Gasteiger partial charge is 0.214 e. The van der Waals surface area contributed by atoms with Crippen LogP contribution in [0, 0.1) is 6.07 Å². The van der Waals surface area contributed by atoms with Crippen LogP contribution in [0.25, 0.3) is 11.1 Å². The summed E-state index contributed by atoms with van der Waals surface area (Å²) in [7, 11) is -5.36. The minimum absolute atomic E-state index is 0.391. The molecule has 6 heteroatoms. The van der Waals surface area contributed by atoms with Crippen molar-refractivity contribution in [3.05, 3.63) is 54.6 Å². The highest BCUT2D eigenvalue weighted by Gasteiger charge is 2.47. The summed E-state index contributed by atoms with van der Waals surface area (Å²) in [5.41, 5.74) is -4.30. The standard InChI is InChI=1S/C13H8F3O2S/c14-13(15,16)19(17,18)12-8-4-7-11(9-12)10-5-2-1-3-6-10/h1-7,9H. The highest BCUT2D eigenvalue weighted by atomic mass is 32.2. The van der Waals surface area contributed by atoms with Gasteiger partial charge < -0.3 is 0 Å². The molecule has 0 aliphatic rings. The van der Waals surface area contributed by atoms with Crippen LogP contribution in [-0.2, 0) is 9.84 Å². The average Bonchev–Trinajstić information content (AvgIpc) is 2.39. The predicted octanol–water partition coefficient (Wildman–Crippen LogP) is 3.45. The molecule has 0 spiro atoms. The Labute approximate surface area is 108 Å². The van der Waals surface area contributed by atoms with Gasteiger partial charge in [-0.2, -0.15) is 13.2 Å². The van der Waals surface area contributed by atoms with Crippen molar-refractivity contribution < 1.29 is 21.6 Å². The van der Waals surface area contributed by atoms with Crippen LogP contribution < -0.4 is 0 Å². The summed E-state index contributed by atoms with van der Waals surface area (Å²) >= 11 is 0. The van der Waals surface area contributed by atoms with E-state index in [0.29, 0.717) is 11.1 Å². The zero-order chi connectivity index (χ0) is 14.1. The first-order chi connectivity index (χ1) is 8.82. The largest absolute Gasteiger partial charge is 0.501 e. The molecule has 0 saturated carbocycles. The summed E-state index contributed by atoms with van der Waals surface area (Å²) < 4.78 is 59.9. The molecular weight excluding hydrogens is 277 g/mol. The maximum Gasteiger partial charge on any atom is 0.501 e. The van der Waals surface area contributed by atoms with E-state index in [-0.39, 0.29) is 0 Å². The molecule has 0 aliphatic carbocycles. The van der Waals surface area contributed by atoms with Crippen molar-refractivity contribution in [3.63, 3.8) is 0 Å². The summed E-state index contributed by atoms with van der Waals surface area (Å²) in [6.45, 7) is 0. The highest BCUT2D eigenvalue weighted by molar-refractivity contribution is 7.92. The van der Waals surface area contributed by atoms with Crippen molar-refractivity contribution in [1.82, 2.24) is 0 Å². The monoisotopic (exact) mass is 285 g/mol. The number of hydrogen-bond acceptors (Lipinski definition) is 2. The fourth-order valence-electron chi connectivity index (χ4n) is 1.53. The molecule has 0 saturated heterocycles. The van der Waals surface area contributed by atoms with E-state index in [9.17, 15) is 21.6 Å². The number of hydrogen-bond donors (Lipinski definition) is 0. The van der Waals surface area contributed by atoms with Gasteiger partial charge in [0.1, 0.15) is 0 Å². The van der Waals surface area contributed by atoms with Crippen LogP contribution in [-0.4, -0.2) is 13.9 Å². The molecule has 2 aromatic rings. The Kier molecular flexibility index (Phi) is 3.36. The molecule has 99 valence electrons. The first-order valence-corrected chi connectivity index (χ1v) is 6.69. The van der Waals surface area contributed by atoms with Gasteiger partial charge in [0.2, 0.25) is 0 Å². The maximum absolute atomic E-state index is 12.4. The van der Waals surface area contributed by atoms with Crippen LogP contribution in [0.15, 0.2) is 53.4 Å². The van der Waals surface area contributed by atoms with Gasteiger partial charge in [0.15, 0.2) is 0 Å². The Balaban J connectivity index is 2.53. The van der Waals surface area contributed by atoms with E-state index in [0.717, 1.165) is 6.07 Å². The number of alkyl halides is 3. The molecule has 0 N–H and O–H groups in total. The first kappa shape index (κ1) is 13.6. The van der Waals surface area contributed by atoms with Crippen molar-refractivity contribution in [3.8, 4) is 11.1 Å². The Hall–Kier alpha value is -1.82. The van der Waals surface area contributed by atoms with Gasteiger partial charge in [-0.05, 0) is 17.2 Å². The van der Waals surface area contributed by atoms with Gasteiger partial charge in [-0.15, -0.1) is 0 Å². The Morgan fingerprint density at radius 3 is 2.16 bits per heavy atom. The van der Waals surface area contributed by atoms with Crippen molar-refractivity contribution in [2.75, 3.05) is 0 Å². The van der Waals surface area contributed by atoms with Gasteiger partial charge >= 0.3 is 5.51 Å². The molecular formula is C13H8F3O2S. The molecule has 2 rings (SSSR count). The van der Waals surface area contributed by atoms with Crippen molar-refractivity contribution >= 4 is 9.84 Å². The SMILES string of the molecule is O=S(=O)(c1[c]ccc(-c2ccccc2)c1)C(F)(F)F. The highest BCUT2D eigenvalue weighted by Crippen LogP contribution is 2.31. The normalized spacial score (nSPS) is 12.4. The molecule has 1 radical (unpaired) electrons. The molecule has 2 aromatic carbocycles. The summed E-state index contributed by atoms with van der Waals surface area (Å²) in [5, 5.41) is 0. The summed E-state index contributed by atoms with van der Waals surface area (Å²) in [4.78, 5) is -0.874. The number of sulfone groups is 1. The van der Waals surface area contributed by atoms with Crippen molar-refractivity contribution in [2.45, 2.75) is 10.4 Å². The zero-order valence-corrected chi connectivity index (χ0v) is 10.3. The molecule has 19 heavy (non-hydrogen) atoms. The van der Waals surface area contributed by atoms with Gasteiger partial charge in [-0.3, -0.25) is 0 Å². The van der Waals surface area contributed by atoms with Gasteiger partial charge in [0.25, 0.3) is 9.84 Å². The maximum atomic E-state index is 12.4. The third kappa shape index (κ3) is 2.63. The van der Waals surface area contributed by atoms with Gasteiger partial charge in [0, 0.05) is 6.07 Å². The lowest BCUT2D eigenvalue weighted by molar-refractivity contribution is -0.0436. The van der Waals surface area contributed by atoms with Crippen molar-refractivity contribution in [2.24, 2.45) is 0 Å². The second-order valence-corrected chi connectivity index (χ2v) is 5.67. The van der Waals surface area contributed by atoms with E-state index >= 15 is 0 Å². The molecule has 2 nitrogen and oxygen atoms in total. The zero-order valence-electron chi connectivity index (χ0n) is 9.48. The molecule has 0 aliphatic heterocycles. The first-order valence-electron chi connectivity index (χ1n) is 5.21. The van der Waals surface area contributed by atoms with E-state index in [4.69, 9.17) is 0 Å². The van der Waals surface area contributed by atoms with Crippen LogP contribution in [0.2, 0.25) is 0 Å². The van der Waals surface area contributed by atoms with Gasteiger partial charge in [-0.25, -0.2) is 8.42 Å². The minimum Gasteiger partial charge on any atom is -0.214 e. The molecule has 0 aromatic heterocycles. The van der Waals surface area contributed by atoms with Crippen LogP contribution >= 0.6 is 0 Å². The lowest BCUT2D eigenvalue weighted by Gasteiger charge is -2.09. The van der Waals surface area contributed by atoms with Crippen LogP contribution in [0.3, 0.4) is 0 Å². The van der Waals surface area contributed by atoms with E-state index in [2.05, 4.69) is 6.07 Å². The summed E-state index contributed by atoms with van der Waals surface area (Å²) in [5.74, 6) is 0. The van der Waals surface area contributed by atoms with Crippen LogP contribution in [0.4, 0.5) is 13.2 Å². The molecule has 0 fully saturated rings. The summed E-state index contributed by atoms with van der Waals surface area (Å²) in [6, 6.07) is 14.3. The third-order valence-electron chi connectivity index (χ3n) is 2.48. The number of halogens is 3. The van der Waals surface area contributed by atoms with Gasteiger partial charge in [-0.1, -0.05) is 42.5 Å². The molecule has 0 amide bonds. The Morgan fingerprint density at radius 1 is 0.947 bits per heavy atom. The second kappa shape index (κ2) is 4.70. The molecule has 0 atom stereocenters. The summed E-state index contributed by atoms with van der Waals surface area (Å²) in [6.07, 6.45) is 0. The molecule has 0 bridgehead atoms. The quantitative estimate of drug-likeness (QED) is 0.847. The van der Waals surface area contributed by atoms with Crippen LogP contribution in [0.1, 0.15) is 0 Å².